The van der Waals surface area contributed by atoms with Crippen molar-refractivity contribution in [2.45, 2.75) is 19.1 Å². The monoisotopic (exact) mass is 347 g/mol. The van der Waals surface area contributed by atoms with E-state index in [2.05, 4.69) is 41.7 Å². The molecule has 134 valence electrons. The van der Waals surface area contributed by atoms with E-state index < -0.39 is 6.10 Å². The van der Waals surface area contributed by atoms with Crippen molar-refractivity contribution in [1.29, 1.82) is 0 Å². The molecule has 0 aliphatic carbocycles. The number of aliphatic hydroxyl groups excluding tert-OH is 1. The lowest BCUT2D eigenvalue weighted by Gasteiger charge is -2.13. The Kier molecular flexibility index (Phi) is 6.82. The smallest absolute Gasteiger partial charge is 0.119 e. The Labute approximate surface area is 155 Å². The highest BCUT2D eigenvalue weighted by atomic mass is 16.5. The van der Waals surface area contributed by atoms with E-state index in [0.29, 0.717) is 0 Å². The molecule has 0 spiro atoms. The molecule has 1 unspecified atom stereocenters. The van der Waals surface area contributed by atoms with Crippen LogP contribution in [0, 0.1) is 0 Å². The predicted octanol–water partition coefficient (Wildman–Crippen LogP) is 4.13. The fraction of sp³-hybridized carbons (Fsp3) is 0.217. The Balaban J connectivity index is 1.39. The Morgan fingerprint density at radius 1 is 0.769 bits per heavy atom. The zero-order chi connectivity index (χ0) is 18.0. The van der Waals surface area contributed by atoms with Crippen LogP contribution in [0.25, 0.3) is 0 Å². The molecule has 1 atom stereocenters. The average Bonchev–Trinajstić information content (AvgIpc) is 2.72. The first-order valence-corrected chi connectivity index (χ1v) is 9.00. The van der Waals surface area contributed by atoms with E-state index in [4.69, 9.17) is 4.74 Å². The van der Waals surface area contributed by atoms with Gasteiger partial charge >= 0.3 is 0 Å². The predicted molar refractivity (Wildman–Crippen MR) is 105 cm³/mol. The Morgan fingerprint density at radius 2 is 1.42 bits per heavy atom. The largest absolute Gasteiger partial charge is 0.491 e. The molecule has 0 heterocycles. The first-order valence-electron chi connectivity index (χ1n) is 9.00. The van der Waals surface area contributed by atoms with Crippen molar-refractivity contribution in [3.05, 3.63) is 102 Å². The van der Waals surface area contributed by atoms with Gasteiger partial charge in [-0.1, -0.05) is 72.8 Å². The van der Waals surface area contributed by atoms with E-state index in [1.54, 1.807) is 0 Å². The second kappa shape index (κ2) is 9.76. The van der Waals surface area contributed by atoms with Gasteiger partial charge in [0.15, 0.2) is 0 Å². The summed E-state index contributed by atoms with van der Waals surface area (Å²) in [6.07, 6.45) is 0.412. The summed E-state index contributed by atoms with van der Waals surface area (Å²) in [4.78, 5) is 0. The van der Waals surface area contributed by atoms with Gasteiger partial charge < -0.3 is 15.2 Å². The molecule has 0 radical (unpaired) electrons. The van der Waals surface area contributed by atoms with E-state index in [-0.39, 0.29) is 6.61 Å². The number of ether oxygens (including phenoxy) is 1. The minimum Gasteiger partial charge on any atom is -0.491 e. The van der Waals surface area contributed by atoms with E-state index in [9.17, 15) is 5.11 Å². The van der Waals surface area contributed by atoms with Crippen LogP contribution in [0.15, 0.2) is 84.9 Å². The summed E-state index contributed by atoms with van der Waals surface area (Å²) in [6, 6.07) is 28.1. The second-order valence-corrected chi connectivity index (χ2v) is 6.29. The standard InChI is InChI=1S/C23H25NO2/c25-23(21-9-5-2-6-10-21)18-26-22-13-11-20(12-14-22)17-24-16-15-19-7-3-1-4-8-19/h1-14,23-25H,15-18H2. The molecular weight excluding hydrogens is 322 g/mol. The summed E-state index contributed by atoms with van der Waals surface area (Å²) in [6.45, 7) is 2.03. The number of benzene rings is 3. The third-order valence-electron chi connectivity index (χ3n) is 4.28. The number of hydrogen-bond donors (Lipinski definition) is 2. The van der Waals surface area contributed by atoms with Gasteiger partial charge in [-0.05, 0) is 41.8 Å². The minimum absolute atomic E-state index is 0.249. The van der Waals surface area contributed by atoms with Gasteiger partial charge in [0.05, 0.1) is 0 Å². The lowest BCUT2D eigenvalue weighted by molar-refractivity contribution is 0.108. The molecule has 0 saturated carbocycles. The fourth-order valence-electron chi connectivity index (χ4n) is 2.76. The van der Waals surface area contributed by atoms with Crippen molar-refractivity contribution < 1.29 is 9.84 Å². The summed E-state index contributed by atoms with van der Waals surface area (Å²) in [7, 11) is 0. The highest BCUT2D eigenvalue weighted by molar-refractivity contribution is 5.27. The zero-order valence-electron chi connectivity index (χ0n) is 14.8. The first-order chi connectivity index (χ1) is 12.8. The Hall–Kier alpha value is -2.62. The van der Waals surface area contributed by atoms with Crippen LogP contribution in [-0.2, 0) is 13.0 Å². The maximum absolute atomic E-state index is 10.1. The van der Waals surface area contributed by atoms with Crippen LogP contribution < -0.4 is 10.1 Å². The highest BCUT2D eigenvalue weighted by Crippen LogP contribution is 2.17. The van der Waals surface area contributed by atoms with Crippen molar-refractivity contribution in [2.75, 3.05) is 13.2 Å². The summed E-state index contributed by atoms with van der Waals surface area (Å²) < 4.78 is 5.69. The normalized spacial score (nSPS) is 11.9. The Bertz CT molecular complexity index is 757. The molecule has 3 rings (SSSR count). The molecular formula is C23H25NO2. The summed E-state index contributed by atoms with van der Waals surface area (Å²) >= 11 is 0. The molecule has 3 aromatic carbocycles. The van der Waals surface area contributed by atoms with Gasteiger partial charge in [-0.15, -0.1) is 0 Å². The summed E-state index contributed by atoms with van der Waals surface area (Å²) in [5.41, 5.74) is 3.43. The van der Waals surface area contributed by atoms with Crippen molar-refractivity contribution >= 4 is 0 Å². The molecule has 26 heavy (non-hydrogen) atoms. The highest BCUT2D eigenvalue weighted by Gasteiger charge is 2.07. The maximum atomic E-state index is 10.1. The van der Waals surface area contributed by atoms with Gasteiger partial charge in [-0.2, -0.15) is 0 Å². The van der Waals surface area contributed by atoms with Gasteiger partial charge in [0.2, 0.25) is 0 Å². The van der Waals surface area contributed by atoms with E-state index in [1.807, 2.05) is 48.5 Å². The first kappa shape index (κ1) is 18.2. The third-order valence-corrected chi connectivity index (χ3v) is 4.28. The van der Waals surface area contributed by atoms with Crippen LogP contribution in [0.5, 0.6) is 5.75 Å². The fourth-order valence-corrected chi connectivity index (χ4v) is 2.76. The van der Waals surface area contributed by atoms with Gasteiger partial charge in [0.1, 0.15) is 18.5 Å². The van der Waals surface area contributed by atoms with Crippen LogP contribution in [-0.4, -0.2) is 18.3 Å². The van der Waals surface area contributed by atoms with Crippen LogP contribution in [0.3, 0.4) is 0 Å². The van der Waals surface area contributed by atoms with Gasteiger partial charge in [0, 0.05) is 6.54 Å². The van der Waals surface area contributed by atoms with Gasteiger partial charge in [0.25, 0.3) is 0 Å². The lowest BCUT2D eigenvalue weighted by atomic mass is 10.1. The van der Waals surface area contributed by atoms with Crippen LogP contribution in [0.2, 0.25) is 0 Å². The lowest BCUT2D eigenvalue weighted by Crippen LogP contribution is -2.16. The molecule has 3 heteroatoms. The number of aliphatic hydroxyl groups is 1. The maximum Gasteiger partial charge on any atom is 0.119 e. The van der Waals surface area contributed by atoms with Crippen LogP contribution >= 0.6 is 0 Å². The molecule has 3 nitrogen and oxygen atoms in total. The quantitative estimate of drug-likeness (QED) is 0.572. The molecule has 0 amide bonds. The molecule has 0 saturated heterocycles. The van der Waals surface area contributed by atoms with Crippen molar-refractivity contribution in [2.24, 2.45) is 0 Å². The molecule has 0 aliphatic heterocycles. The molecule has 0 aromatic heterocycles. The molecule has 0 fully saturated rings. The van der Waals surface area contributed by atoms with E-state index in [1.165, 1.54) is 11.1 Å². The van der Waals surface area contributed by atoms with E-state index >= 15 is 0 Å². The molecule has 2 N–H and O–H groups in total. The Morgan fingerprint density at radius 3 is 2.12 bits per heavy atom. The number of hydrogen-bond acceptors (Lipinski definition) is 3. The molecule has 0 bridgehead atoms. The minimum atomic E-state index is -0.615. The topological polar surface area (TPSA) is 41.5 Å². The zero-order valence-corrected chi connectivity index (χ0v) is 14.8. The van der Waals surface area contributed by atoms with Gasteiger partial charge in [-0.3, -0.25) is 0 Å². The van der Waals surface area contributed by atoms with Crippen molar-refractivity contribution in [3.63, 3.8) is 0 Å². The summed E-state index contributed by atoms with van der Waals surface area (Å²) in [5.74, 6) is 0.771. The second-order valence-electron chi connectivity index (χ2n) is 6.29. The third kappa shape index (κ3) is 5.73. The molecule has 0 aliphatic rings. The SMILES string of the molecule is OC(COc1ccc(CNCCc2ccccc2)cc1)c1ccccc1. The van der Waals surface area contributed by atoms with E-state index in [0.717, 1.165) is 30.8 Å². The number of rotatable bonds is 9. The molecule has 3 aromatic rings. The van der Waals surface area contributed by atoms with Crippen molar-refractivity contribution in [1.82, 2.24) is 5.32 Å². The number of nitrogens with one attached hydrogen (secondary N) is 1. The van der Waals surface area contributed by atoms with Crippen LogP contribution in [0.4, 0.5) is 0 Å². The average molecular weight is 347 g/mol. The van der Waals surface area contributed by atoms with Gasteiger partial charge in [-0.25, -0.2) is 0 Å². The van der Waals surface area contributed by atoms with Crippen LogP contribution in [0.1, 0.15) is 22.8 Å². The summed E-state index contributed by atoms with van der Waals surface area (Å²) in [5, 5.41) is 13.6. The van der Waals surface area contributed by atoms with Crippen molar-refractivity contribution in [3.8, 4) is 5.75 Å².